The molecule has 8 heteroatoms. The van der Waals surface area contributed by atoms with Gasteiger partial charge in [0.15, 0.2) is 5.69 Å². The number of carbonyl (C=O) groups is 1. The summed E-state index contributed by atoms with van der Waals surface area (Å²) in [4.78, 5) is 24.7. The highest BCUT2D eigenvalue weighted by molar-refractivity contribution is 5.92. The number of amides is 1. The molecule has 2 fully saturated rings. The van der Waals surface area contributed by atoms with Crippen LogP contribution >= 0.6 is 0 Å². The van der Waals surface area contributed by atoms with E-state index >= 15 is 0 Å². The fraction of sp³-hybridized carbons (Fsp3) is 0.652. The van der Waals surface area contributed by atoms with Crippen LogP contribution in [0.5, 0.6) is 0 Å². The van der Waals surface area contributed by atoms with Gasteiger partial charge >= 0.3 is 0 Å². The number of ether oxygens (including phenoxy) is 1. The lowest BCUT2D eigenvalue weighted by Gasteiger charge is -2.38. The first kappa shape index (κ1) is 20.4. The van der Waals surface area contributed by atoms with Crippen LogP contribution in [-0.2, 0) is 11.2 Å². The molecule has 1 aliphatic heterocycles. The maximum Gasteiger partial charge on any atom is 0.273 e. The summed E-state index contributed by atoms with van der Waals surface area (Å²) >= 11 is 0. The van der Waals surface area contributed by atoms with E-state index in [1.165, 1.54) is 0 Å². The van der Waals surface area contributed by atoms with E-state index in [-0.39, 0.29) is 29.6 Å². The van der Waals surface area contributed by atoms with E-state index in [1.54, 1.807) is 6.07 Å². The molecule has 2 aromatic rings. The minimum Gasteiger partial charge on any atom is -0.372 e. The molecular formula is C23H31N5O3. The number of nitrogens with zero attached hydrogens (tertiary/aromatic N) is 4. The number of rotatable bonds is 4. The van der Waals surface area contributed by atoms with Crippen molar-refractivity contribution in [2.75, 3.05) is 18.0 Å². The molecule has 0 unspecified atom stereocenters. The molecule has 8 nitrogen and oxygen atoms in total. The molecule has 31 heavy (non-hydrogen) atoms. The first-order valence-electron chi connectivity index (χ1n) is 11.3. The normalized spacial score (nSPS) is 27.6. The first-order valence-corrected chi connectivity index (χ1v) is 11.3. The van der Waals surface area contributed by atoms with Crippen LogP contribution in [0.1, 0.15) is 86.4 Å². The van der Waals surface area contributed by atoms with Crippen molar-refractivity contribution in [2.24, 2.45) is 5.41 Å². The summed E-state index contributed by atoms with van der Waals surface area (Å²) in [6.07, 6.45) is 6.09. The van der Waals surface area contributed by atoms with Gasteiger partial charge in [-0.2, -0.15) is 0 Å². The molecular weight excluding hydrogens is 394 g/mol. The monoisotopic (exact) mass is 425 g/mol. The lowest BCUT2D eigenvalue weighted by atomic mass is 9.74. The van der Waals surface area contributed by atoms with E-state index in [4.69, 9.17) is 14.2 Å². The maximum atomic E-state index is 12.9. The molecule has 5 rings (SSSR count). The molecule has 3 heterocycles. The summed E-state index contributed by atoms with van der Waals surface area (Å²) in [6, 6.07) is 1.63. The molecule has 1 saturated heterocycles. The molecule has 3 atom stereocenters. The first-order chi connectivity index (χ1) is 14.8. The fourth-order valence-corrected chi connectivity index (χ4v) is 4.85. The summed E-state index contributed by atoms with van der Waals surface area (Å²) in [6.45, 7) is 10.2. The Hall–Kier alpha value is -2.48. The van der Waals surface area contributed by atoms with Crippen molar-refractivity contribution >= 4 is 11.9 Å². The maximum absolute atomic E-state index is 12.9. The summed E-state index contributed by atoms with van der Waals surface area (Å²) in [5.41, 5.74) is 2.38. The molecule has 2 aromatic heterocycles. The highest BCUT2D eigenvalue weighted by atomic mass is 16.5. The van der Waals surface area contributed by atoms with Crippen molar-refractivity contribution in [3.63, 3.8) is 0 Å². The van der Waals surface area contributed by atoms with Crippen LogP contribution in [0.2, 0.25) is 0 Å². The van der Waals surface area contributed by atoms with Gasteiger partial charge in [0.1, 0.15) is 5.76 Å². The predicted molar refractivity (Wildman–Crippen MR) is 115 cm³/mol. The van der Waals surface area contributed by atoms with E-state index in [9.17, 15) is 4.79 Å². The van der Waals surface area contributed by atoms with Crippen molar-refractivity contribution < 1.29 is 14.1 Å². The fourth-order valence-electron chi connectivity index (χ4n) is 4.85. The molecule has 0 bridgehead atoms. The van der Waals surface area contributed by atoms with Crippen LogP contribution in [0.25, 0.3) is 0 Å². The Morgan fingerprint density at radius 2 is 1.97 bits per heavy atom. The molecule has 3 aliphatic rings. The van der Waals surface area contributed by atoms with Gasteiger partial charge in [-0.25, -0.2) is 9.97 Å². The van der Waals surface area contributed by atoms with Crippen molar-refractivity contribution in [2.45, 2.75) is 77.5 Å². The number of hydrogen-bond acceptors (Lipinski definition) is 7. The zero-order valence-electron chi connectivity index (χ0n) is 18.7. The van der Waals surface area contributed by atoms with E-state index in [0.717, 1.165) is 61.7 Å². The Morgan fingerprint density at radius 1 is 1.23 bits per heavy atom. The van der Waals surface area contributed by atoms with E-state index in [2.05, 4.69) is 48.1 Å². The van der Waals surface area contributed by atoms with Gasteiger partial charge in [0.2, 0.25) is 5.95 Å². The van der Waals surface area contributed by atoms with Gasteiger partial charge in [0.05, 0.1) is 23.9 Å². The van der Waals surface area contributed by atoms with Crippen LogP contribution in [0, 0.1) is 5.41 Å². The number of aromatic nitrogens is 3. The van der Waals surface area contributed by atoms with Crippen LogP contribution < -0.4 is 10.2 Å². The van der Waals surface area contributed by atoms with Gasteiger partial charge < -0.3 is 19.5 Å². The molecule has 2 aliphatic carbocycles. The minimum absolute atomic E-state index is 0.0190. The lowest BCUT2D eigenvalue weighted by molar-refractivity contribution is -0.00575. The number of fused-ring (bicyclic) bond motifs is 1. The Morgan fingerprint density at radius 3 is 2.68 bits per heavy atom. The van der Waals surface area contributed by atoms with Crippen molar-refractivity contribution in [3.05, 3.63) is 35.0 Å². The van der Waals surface area contributed by atoms with E-state index in [0.29, 0.717) is 11.6 Å². The second kappa shape index (κ2) is 7.58. The zero-order valence-corrected chi connectivity index (χ0v) is 18.7. The number of carbonyl (C=O) groups excluding carboxylic acids is 1. The Balaban J connectivity index is 1.37. The second-order valence-electron chi connectivity index (χ2n) is 10.2. The molecule has 0 radical (unpaired) electrons. The average Bonchev–Trinajstić information content (AvgIpc) is 3.42. The van der Waals surface area contributed by atoms with Gasteiger partial charge in [0.25, 0.3) is 5.91 Å². The van der Waals surface area contributed by atoms with Gasteiger partial charge in [-0.15, -0.1) is 0 Å². The molecule has 0 aromatic carbocycles. The second-order valence-corrected chi connectivity index (χ2v) is 10.2. The Kier molecular flexibility index (Phi) is 5.00. The molecule has 1 N–H and O–H groups in total. The van der Waals surface area contributed by atoms with Crippen molar-refractivity contribution in [1.82, 2.24) is 20.4 Å². The third-order valence-electron chi connectivity index (χ3n) is 6.41. The average molecular weight is 426 g/mol. The number of nitrogens with one attached hydrogen (secondary N) is 1. The highest BCUT2D eigenvalue weighted by Gasteiger charge is 2.36. The zero-order chi connectivity index (χ0) is 21.8. The summed E-state index contributed by atoms with van der Waals surface area (Å²) in [7, 11) is 0. The van der Waals surface area contributed by atoms with Gasteiger partial charge in [0, 0.05) is 36.8 Å². The number of anilines is 1. The molecule has 1 saturated carbocycles. The van der Waals surface area contributed by atoms with Gasteiger partial charge in [-0.1, -0.05) is 19.0 Å². The van der Waals surface area contributed by atoms with Crippen LogP contribution in [0.3, 0.4) is 0 Å². The highest BCUT2D eigenvalue weighted by Crippen LogP contribution is 2.41. The molecule has 0 spiro atoms. The Bertz CT molecular complexity index is 973. The van der Waals surface area contributed by atoms with E-state index < -0.39 is 0 Å². The largest absolute Gasteiger partial charge is 0.372 e. The topological polar surface area (TPSA) is 93.4 Å². The van der Waals surface area contributed by atoms with Gasteiger partial charge in [-0.05, 0) is 44.9 Å². The van der Waals surface area contributed by atoms with Crippen molar-refractivity contribution in [1.29, 1.82) is 0 Å². The Labute approximate surface area is 182 Å². The van der Waals surface area contributed by atoms with Crippen LogP contribution in [0.15, 0.2) is 16.8 Å². The third kappa shape index (κ3) is 4.31. The standard InChI is InChI=1S/C23H31N5O3/c1-13-11-28(12-14(2)30-13)22-24-10-16-18(8-23(3,4)9-19(16)26-22)25-21(29)17-7-20(31-27-17)15-5-6-15/h7,10,13-15,18H,5-6,8-9,11-12H2,1-4H3,(H,25,29)/t13-,14-,18+/m1/s1. The molecule has 1 amide bonds. The van der Waals surface area contributed by atoms with Crippen molar-refractivity contribution in [3.8, 4) is 0 Å². The van der Waals surface area contributed by atoms with E-state index in [1.807, 2.05) is 6.20 Å². The SMILES string of the molecule is C[C@@H]1CN(c2ncc3c(n2)CC(C)(C)C[C@@H]3NC(=O)c2cc(C3CC3)on2)C[C@@H](C)O1. The van der Waals surface area contributed by atoms with Crippen LogP contribution in [-0.4, -0.2) is 46.3 Å². The lowest BCUT2D eigenvalue weighted by Crippen LogP contribution is -2.46. The third-order valence-corrected chi connectivity index (χ3v) is 6.41. The number of morpholine rings is 1. The quantitative estimate of drug-likeness (QED) is 0.802. The smallest absolute Gasteiger partial charge is 0.273 e. The van der Waals surface area contributed by atoms with Gasteiger partial charge in [-0.3, -0.25) is 4.79 Å². The summed E-state index contributed by atoms with van der Waals surface area (Å²) < 4.78 is 11.2. The predicted octanol–water partition coefficient (Wildman–Crippen LogP) is 3.40. The number of hydrogen-bond donors (Lipinski definition) is 1. The minimum atomic E-state index is -0.204. The summed E-state index contributed by atoms with van der Waals surface area (Å²) in [5, 5.41) is 7.15. The van der Waals surface area contributed by atoms with Crippen LogP contribution in [0.4, 0.5) is 5.95 Å². The summed E-state index contributed by atoms with van der Waals surface area (Å²) in [5.74, 6) is 1.79. The molecule has 166 valence electrons.